The Balaban J connectivity index is 4.09. The number of nitrogens with two attached hydrogens (primary N) is 2. The zero-order chi connectivity index (χ0) is 12.9. The number of hydrogen-bond donors (Lipinski definition) is 4. The third kappa shape index (κ3) is 5.06. The lowest BCUT2D eigenvalue weighted by Gasteiger charge is -2.27. The molecular formula is C8H16N2O4S2. The third-order valence-electron chi connectivity index (χ3n) is 1.85. The molecule has 0 heterocycles. The average Bonchev–Trinajstić information content (AvgIpc) is 2.15. The summed E-state index contributed by atoms with van der Waals surface area (Å²) in [5.41, 5.74) is 10.8. The van der Waals surface area contributed by atoms with Crippen LogP contribution in [0.15, 0.2) is 0 Å². The molecule has 8 heteroatoms. The predicted octanol–water partition coefficient (Wildman–Crippen LogP) is -0.0298. The van der Waals surface area contributed by atoms with E-state index < -0.39 is 28.8 Å². The number of carboxylic acid groups (broad SMARTS) is 2. The molecule has 0 radical (unpaired) electrons. The van der Waals surface area contributed by atoms with Crippen molar-refractivity contribution in [2.24, 2.45) is 11.5 Å². The molecule has 0 aromatic rings. The summed E-state index contributed by atoms with van der Waals surface area (Å²) in [5.74, 6) is -1.95. The topological polar surface area (TPSA) is 127 Å². The first kappa shape index (κ1) is 15.6. The molecule has 0 aromatic carbocycles. The van der Waals surface area contributed by atoms with E-state index in [-0.39, 0.29) is 5.75 Å². The van der Waals surface area contributed by atoms with Gasteiger partial charge in [0, 0.05) is 10.5 Å². The molecule has 0 bridgehead atoms. The van der Waals surface area contributed by atoms with Gasteiger partial charge in [-0.15, -0.1) is 0 Å². The Morgan fingerprint density at radius 2 is 1.75 bits per heavy atom. The van der Waals surface area contributed by atoms with Crippen LogP contribution in [0.1, 0.15) is 13.8 Å². The van der Waals surface area contributed by atoms with Crippen LogP contribution < -0.4 is 11.5 Å². The molecule has 6 N–H and O–H groups in total. The molecule has 0 saturated heterocycles. The number of rotatable bonds is 7. The normalized spacial score (nSPS) is 15.5. The SMILES string of the molecule is CC(C)(SSC[C@H](N)C(=O)O)[C@@H](N)C(=O)O. The zero-order valence-corrected chi connectivity index (χ0v) is 10.7. The van der Waals surface area contributed by atoms with Gasteiger partial charge in [0.1, 0.15) is 12.1 Å². The largest absolute Gasteiger partial charge is 0.480 e. The highest BCUT2D eigenvalue weighted by molar-refractivity contribution is 8.77. The van der Waals surface area contributed by atoms with Crippen LogP contribution in [0, 0.1) is 0 Å². The molecule has 94 valence electrons. The minimum Gasteiger partial charge on any atom is -0.480 e. The summed E-state index contributed by atoms with van der Waals surface area (Å²) in [7, 11) is 2.44. The van der Waals surface area contributed by atoms with Gasteiger partial charge in [0.25, 0.3) is 0 Å². The van der Waals surface area contributed by atoms with Crippen molar-refractivity contribution < 1.29 is 19.8 Å². The summed E-state index contributed by atoms with van der Waals surface area (Å²) in [5, 5.41) is 17.3. The molecule has 2 atom stereocenters. The average molecular weight is 268 g/mol. The second-order valence-electron chi connectivity index (χ2n) is 3.73. The quantitative estimate of drug-likeness (QED) is 0.474. The van der Waals surface area contributed by atoms with Crippen molar-refractivity contribution >= 4 is 33.5 Å². The van der Waals surface area contributed by atoms with Crippen LogP contribution in [-0.2, 0) is 9.59 Å². The fourth-order valence-corrected chi connectivity index (χ4v) is 3.41. The zero-order valence-electron chi connectivity index (χ0n) is 9.04. The lowest BCUT2D eigenvalue weighted by molar-refractivity contribution is -0.139. The maximum atomic E-state index is 10.7. The number of carboxylic acids is 2. The van der Waals surface area contributed by atoms with E-state index in [4.69, 9.17) is 21.7 Å². The van der Waals surface area contributed by atoms with Gasteiger partial charge in [-0.05, 0) is 13.8 Å². The second-order valence-corrected chi connectivity index (χ2v) is 6.73. The first-order chi connectivity index (χ1) is 7.18. The van der Waals surface area contributed by atoms with Crippen molar-refractivity contribution in [1.29, 1.82) is 0 Å². The number of carbonyl (C=O) groups is 2. The maximum absolute atomic E-state index is 10.7. The number of aliphatic carboxylic acids is 2. The van der Waals surface area contributed by atoms with Gasteiger partial charge in [0.15, 0.2) is 0 Å². The summed E-state index contributed by atoms with van der Waals surface area (Å²) < 4.78 is -0.686. The van der Waals surface area contributed by atoms with Gasteiger partial charge >= 0.3 is 11.9 Å². The van der Waals surface area contributed by atoms with E-state index in [1.807, 2.05) is 0 Å². The Morgan fingerprint density at radius 1 is 1.25 bits per heavy atom. The summed E-state index contributed by atoms with van der Waals surface area (Å²) >= 11 is 0. The lowest BCUT2D eigenvalue weighted by atomic mass is 10.1. The molecule has 0 unspecified atom stereocenters. The van der Waals surface area contributed by atoms with Crippen molar-refractivity contribution in [3.8, 4) is 0 Å². The van der Waals surface area contributed by atoms with E-state index in [1.165, 1.54) is 21.6 Å². The monoisotopic (exact) mass is 268 g/mol. The maximum Gasteiger partial charge on any atom is 0.321 e. The van der Waals surface area contributed by atoms with Gasteiger partial charge in [0.05, 0.1) is 0 Å². The Labute approximate surface area is 102 Å². The smallest absolute Gasteiger partial charge is 0.321 e. The lowest BCUT2D eigenvalue weighted by Crippen LogP contribution is -2.46. The molecule has 0 aliphatic heterocycles. The number of hydrogen-bond acceptors (Lipinski definition) is 6. The summed E-state index contributed by atoms with van der Waals surface area (Å²) in [6, 6.07) is -1.96. The van der Waals surface area contributed by atoms with Crippen LogP contribution in [0.4, 0.5) is 0 Å². The molecule has 0 aromatic heterocycles. The van der Waals surface area contributed by atoms with Gasteiger partial charge in [-0.3, -0.25) is 9.59 Å². The summed E-state index contributed by atoms with van der Waals surface area (Å²) in [6.07, 6.45) is 0. The molecule has 0 rings (SSSR count). The molecule has 0 aliphatic rings. The first-order valence-electron chi connectivity index (χ1n) is 4.46. The summed E-state index contributed by atoms with van der Waals surface area (Å²) in [6.45, 7) is 3.38. The Kier molecular flexibility index (Phi) is 6.16. The van der Waals surface area contributed by atoms with E-state index in [0.717, 1.165) is 0 Å². The first-order valence-corrected chi connectivity index (χ1v) is 6.77. The van der Waals surface area contributed by atoms with Gasteiger partial charge < -0.3 is 21.7 Å². The van der Waals surface area contributed by atoms with E-state index in [1.54, 1.807) is 13.8 Å². The molecule has 0 spiro atoms. The molecule has 0 aliphatic carbocycles. The van der Waals surface area contributed by atoms with E-state index in [2.05, 4.69) is 0 Å². The highest BCUT2D eigenvalue weighted by Gasteiger charge is 2.33. The van der Waals surface area contributed by atoms with Crippen molar-refractivity contribution in [2.45, 2.75) is 30.7 Å². The molecule has 6 nitrogen and oxygen atoms in total. The van der Waals surface area contributed by atoms with Crippen LogP contribution >= 0.6 is 21.6 Å². The van der Waals surface area contributed by atoms with Gasteiger partial charge in [0.2, 0.25) is 0 Å². The van der Waals surface area contributed by atoms with Crippen LogP contribution in [0.5, 0.6) is 0 Å². The van der Waals surface area contributed by atoms with E-state index in [0.29, 0.717) is 0 Å². The van der Waals surface area contributed by atoms with Crippen LogP contribution in [-0.4, -0.2) is 44.7 Å². The van der Waals surface area contributed by atoms with E-state index >= 15 is 0 Å². The fourth-order valence-electron chi connectivity index (χ4n) is 0.680. The fraction of sp³-hybridized carbons (Fsp3) is 0.750. The van der Waals surface area contributed by atoms with Crippen molar-refractivity contribution in [3.63, 3.8) is 0 Å². The van der Waals surface area contributed by atoms with E-state index in [9.17, 15) is 9.59 Å². The Morgan fingerprint density at radius 3 is 2.12 bits per heavy atom. The Bertz CT molecular complexity index is 273. The predicted molar refractivity (Wildman–Crippen MR) is 65.4 cm³/mol. The van der Waals surface area contributed by atoms with Crippen molar-refractivity contribution in [2.75, 3.05) is 5.75 Å². The van der Waals surface area contributed by atoms with Gasteiger partial charge in [-0.2, -0.15) is 0 Å². The highest BCUT2D eigenvalue weighted by atomic mass is 33.1. The van der Waals surface area contributed by atoms with Crippen LogP contribution in [0.3, 0.4) is 0 Å². The molecule has 0 amide bonds. The second kappa shape index (κ2) is 6.33. The van der Waals surface area contributed by atoms with Gasteiger partial charge in [-0.1, -0.05) is 21.6 Å². The summed E-state index contributed by atoms with van der Waals surface area (Å²) in [4.78, 5) is 21.1. The van der Waals surface area contributed by atoms with Crippen molar-refractivity contribution in [3.05, 3.63) is 0 Å². The molecule has 0 saturated carbocycles. The van der Waals surface area contributed by atoms with Crippen molar-refractivity contribution in [1.82, 2.24) is 0 Å². The molecule has 16 heavy (non-hydrogen) atoms. The third-order valence-corrected chi connectivity index (χ3v) is 5.20. The minimum atomic E-state index is -1.08. The highest BCUT2D eigenvalue weighted by Crippen LogP contribution is 2.37. The van der Waals surface area contributed by atoms with Gasteiger partial charge in [-0.25, -0.2) is 0 Å². The minimum absolute atomic E-state index is 0.204. The Hall–Kier alpha value is -0.440. The standard InChI is InChI=1S/C8H16N2O4S2/c1-8(2,5(10)7(13)14)16-15-3-4(9)6(11)12/h4-5H,3,9-10H2,1-2H3,(H,11,12)(H,13,14)/t4-,5-/m0/s1. The van der Waals surface area contributed by atoms with Crippen LogP contribution in [0.25, 0.3) is 0 Å². The van der Waals surface area contributed by atoms with Crippen LogP contribution in [0.2, 0.25) is 0 Å². The molecular weight excluding hydrogens is 252 g/mol. The molecule has 0 fully saturated rings.